The second kappa shape index (κ2) is 8.68. The van der Waals surface area contributed by atoms with Crippen LogP contribution in [0.25, 0.3) is 0 Å². The fourth-order valence-corrected chi connectivity index (χ4v) is 3.41. The van der Waals surface area contributed by atoms with E-state index in [4.69, 9.17) is 9.47 Å². The largest absolute Gasteiger partial charge is 0.497 e. The Kier molecular flexibility index (Phi) is 6.32. The van der Waals surface area contributed by atoms with Crippen molar-refractivity contribution in [1.82, 2.24) is 10.2 Å². The summed E-state index contributed by atoms with van der Waals surface area (Å²) < 4.78 is 11.1. The lowest BCUT2D eigenvalue weighted by Crippen LogP contribution is -2.40. The van der Waals surface area contributed by atoms with Gasteiger partial charge in [-0.2, -0.15) is 0 Å². The normalized spacial score (nSPS) is 24.6. The van der Waals surface area contributed by atoms with E-state index in [2.05, 4.69) is 29.3 Å². The number of hydrogen-bond donors (Lipinski definition) is 1. The fourth-order valence-electron chi connectivity index (χ4n) is 3.41. The Morgan fingerprint density at radius 1 is 1.40 bits per heavy atom. The van der Waals surface area contributed by atoms with Crippen LogP contribution in [0.3, 0.4) is 0 Å². The second-order valence-corrected chi connectivity index (χ2v) is 7.35. The van der Waals surface area contributed by atoms with Crippen LogP contribution in [-0.2, 0) is 16.1 Å². The minimum atomic E-state index is 0.163. The average molecular weight is 346 g/mol. The molecule has 2 fully saturated rings. The van der Waals surface area contributed by atoms with Gasteiger partial charge in [0.15, 0.2) is 0 Å². The molecule has 0 spiro atoms. The zero-order valence-electron chi connectivity index (χ0n) is 15.4. The summed E-state index contributed by atoms with van der Waals surface area (Å²) in [5.74, 6) is 1.99. The lowest BCUT2D eigenvalue weighted by molar-refractivity contribution is -0.122. The highest BCUT2D eigenvalue weighted by molar-refractivity contribution is 5.76. The van der Waals surface area contributed by atoms with Gasteiger partial charge in [-0.15, -0.1) is 0 Å². The van der Waals surface area contributed by atoms with Crippen molar-refractivity contribution in [3.05, 3.63) is 29.8 Å². The van der Waals surface area contributed by atoms with Gasteiger partial charge < -0.3 is 14.8 Å². The highest BCUT2D eigenvalue weighted by atomic mass is 16.5. The molecule has 3 rings (SSSR count). The Hall–Kier alpha value is -1.59. The maximum Gasteiger partial charge on any atom is 0.220 e. The van der Waals surface area contributed by atoms with Gasteiger partial charge in [-0.3, -0.25) is 9.69 Å². The quantitative estimate of drug-likeness (QED) is 0.824. The summed E-state index contributed by atoms with van der Waals surface area (Å²) >= 11 is 0. The van der Waals surface area contributed by atoms with Gasteiger partial charge in [0.25, 0.3) is 0 Å². The van der Waals surface area contributed by atoms with E-state index in [1.807, 2.05) is 12.1 Å². The fraction of sp³-hybridized carbons (Fsp3) is 0.650. The van der Waals surface area contributed by atoms with Gasteiger partial charge in [0, 0.05) is 38.0 Å². The van der Waals surface area contributed by atoms with Gasteiger partial charge in [0.05, 0.1) is 20.3 Å². The summed E-state index contributed by atoms with van der Waals surface area (Å²) in [5.41, 5.74) is 1.23. The highest BCUT2D eigenvalue weighted by Gasteiger charge is 2.29. The first-order valence-electron chi connectivity index (χ1n) is 9.37. The van der Waals surface area contributed by atoms with Crippen LogP contribution in [0.2, 0.25) is 0 Å². The van der Waals surface area contributed by atoms with E-state index < -0.39 is 0 Å². The van der Waals surface area contributed by atoms with Gasteiger partial charge in [-0.25, -0.2) is 0 Å². The summed E-state index contributed by atoms with van der Waals surface area (Å²) in [6, 6.07) is 8.50. The number of carbonyl (C=O) groups excluding carboxylic acids is 1. The van der Waals surface area contributed by atoms with Crippen LogP contribution in [0, 0.1) is 11.8 Å². The van der Waals surface area contributed by atoms with E-state index in [9.17, 15) is 4.79 Å². The summed E-state index contributed by atoms with van der Waals surface area (Å²) in [5, 5.41) is 3.08. The summed E-state index contributed by atoms with van der Waals surface area (Å²) in [6.07, 6.45) is 3.07. The topological polar surface area (TPSA) is 50.8 Å². The van der Waals surface area contributed by atoms with E-state index in [0.29, 0.717) is 25.7 Å². The Morgan fingerprint density at radius 2 is 2.24 bits per heavy atom. The van der Waals surface area contributed by atoms with E-state index in [1.165, 1.54) is 18.4 Å². The number of carbonyl (C=O) groups is 1. The molecule has 0 bridgehead atoms. The number of nitrogens with one attached hydrogen (secondary N) is 1. The van der Waals surface area contributed by atoms with Gasteiger partial charge in [-0.1, -0.05) is 12.1 Å². The summed E-state index contributed by atoms with van der Waals surface area (Å²) in [4.78, 5) is 14.7. The van der Waals surface area contributed by atoms with Crippen LogP contribution in [-0.4, -0.2) is 50.3 Å². The van der Waals surface area contributed by atoms with E-state index in [0.717, 1.165) is 31.3 Å². The molecule has 138 valence electrons. The molecule has 25 heavy (non-hydrogen) atoms. The van der Waals surface area contributed by atoms with Gasteiger partial charge in [0.1, 0.15) is 5.75 Å². The van der Waals surface area contributed by atoms with E-state index in [-0.39, 0.29) is 11.8 Å². The SMILES string of the molecule is COc1cccc(CN2CCOC[C@H](CC(=O)NCC3CC3)[C@H]2C)c1. The summed E-state index contributed by atoms with van der Waals surface area (Å²) in [7, 11) is 1.69. The first kappa shape index (κ1) is 18.2. The Morgan fingerprint density at radius 3 is 3.00 bits per heavy atom. The number of rotatable bonds is 7. The summed E-state index contributed by atoms with van der Waals surface area (Å²) in [6.45, 7) is 6.17. The zero-order chi connectivity index (χ0) is 17.6. The number of benzene rings is 1. The predicted molar refractivity (Wildman–Crippen MR) is 97.5 cm³/mol. The highest BCUT2D eigenvalue weighted by Crippen LogP contribution is 2.28. The van der Waals surface area contributed by atoms with Crippen molar-refractivity contribution < 1.29 is 14.3 Å². The monoisotopic (exact) mass is 346 g/mol. The number of hydrogen-bond acceptors (Lipinski definition) is 4. The lowest BCUT2D eigenvalue weighted by atomic mass is 9.96. The molecular formula is C20H30N2O3. The van der Waals surface area contributed by atoms with Crippen molar-refractivity contribution in [2.75, 3.05) is 33.4 Å². The minimum Gasteiger partial charge on any atom is -0.497 e. The average Bonchev–Trinajstić information content (AvgIpc) is 3.46. The first-order valence-corrected chi connectivity index (χ1v) is 9.37. The van der Waals surface area contributed by atoms with Gasteiger partial charge in [-0.05, 0) is 43.4 Å². The van der Waals surface area contributed by atoms with Gasteiger partial charge in [0.2, 0.25) is 5.91 Å². The maximum absolute atomic E-state index is 12.2. The molecule has 1 aliphatic carbocycles. The Labute approximate surface area is 150 Å². The molecule has 1 aliphatic heterocycles. The van der Waals surface area contributed by atoms with Crippen molar-refractivity contribution in [3.63, 3.8) is 0 Å². The smallest absolute Gasteiger partial charge is 0.220 e. The van der Waals surface area contributed by atoms with E-state index in [1.54, 1.807) is 7.11 Å². The number of methoxy groups -OCH3 is 1. The molecule has 1 amide bonds. The van der Waals surface area contributed by atoms with Crippen molar-refractivity contribution in [3.8, 4) is 5.75 Å². The molecule has 1 aromatic rings. The zero-order valence-corrected chi connectivity index (χ0v) is 15.4. The third kappa shape index (κ3) is 5.44. The molecule has 5 heteroatoms. The number of amides is 1. The third-order valence-corrected chi connectivity index (χ3v) is 5.37. The molecule has 0 radical (unpaired) electrons. The van der Waals surface area contributed by atoms with Crippen molar-refractivity contribution in [2.24, 2.45) is 11.8 Å². The third-order valence-electron chi connectivity index (χ3n) is 5.37. The number of nitrogens with zero attached hydrogens (tertiary/aromatic N) is 1. The molecular weight excluding hydrogens is 316 g/mol. The van der Waals surface area contributed by atoms with Crippen LogP contribution in [0.15, 0.2) is 24.3 Å². The molecule has 2 atom stereocenters. The predicted octanol–water partition coefficient (Wildman–Crippen LogP) is 2.45. The molecule has 2 aliphatic rings. The molecule has 1 N–H and O–H groups in total. The first-order chi connectivity index (χ1) is 12.2. The van der Waals surface area contributed by atoms with Gasteiger partial charge >= 0.3 is 0 Å². The molecule has 1 heterocycles. The maximum atomic E-state index is 12.2. The van der Waals surface area contributed by atoms with Crippen LogP contribution in [0.4, 0.5) is 0 Å². The molecule has 1 aromatic carbocycles. The molecule has 0 aromatic heterocycles. The minimum absolute atomic E-state index is 0.163. The number of ether oxygens (including phenoxy) is 2. The molecule has 0 unspecified atom stereocenters. The Bertz CT molecular complexity index is 574. The molecule has 1 saturated heterocycles. The Balaban J connectivity index is 1.57. The van der Waals surface area contributed by atoms with Crippen LogP contribution >= 0.6 is 0 Å². The molecule has 5 nitrogen and oxygen atoms in total. The van der Waals surface area contributed by atoms with E-state index >= 15 is 0 Å². The van der Waals surface area contributed by atoms with Crippen molar-refractivity contribution >= 4 is 5.91 Å². The van der Waals surface area contributed by atoms with Crippen molar-refractivity contribution in [2.45, 2.75) is 38.8 Å². The molecule has 1 saturated carbocycles. The van der Waals surface area contributed by atoms with Crippen LogP contribution < -0.4 is 10.1 Å². The standard InChI is InChI=1S/C20H30N2O3/c1-15-18(11-20(23)21-12-16-6-7-16)14-25-9-8-22(15)13-17-4-3-5-19(10-17)24-2/h3-5,10,15-16,18H,6-9,11-14H2,1-2H3,(H,21,23)/t15-,18+/m1/s1. The van der Waals surface area contributed by atoms with Crippen LogP contribution in [0.5, 0.6) is 5.75 Å². The van der Waals surface area contributed by atoms with Crippen molar-refractivity contribution in [1.29, 1.82) is 0 Å². The lowest BCUT2D eigenvalue weighted by Gasteiger charge is -2.31. The van der Waals surface area contributed by atoms with Crippen LogP contribution in [0.1, 0.15) is 31.7 Å². The second-order valence-electron chi connectivity index (χ2n) is 7.35.